The first-order valence-electron chi connectivity index (χ1n) is 7.77. The fraction of sp³-hybridized carbons (Fsp3) is 0.0500. The minimum Gasteiger partial charge on any atom is -0.508 e. The Labute approximate surface area is 165 Å². The van der Waals surface area contributed by atoms with E-state index in [2.05, 4.69) is 0 Å². The largest absolute Gasteiger partial charge is 0.508 e. The summed E-state index contributed by atoms with van der Waals surface area (Å²) in [5.41, 5.74) is 1.28. The number of benzene rings is 3. The van der Waals surface area contributed by atoms with Crippen LogP contribution in [0.1, 0.15) is 27.0 Å². The molecule has 2 aliphatic rings. The summed E-state index contributed by atoms with van der Waals surface area (Å²) in [5.74, 6) is 0.408. The number of aromatic hydroxyl groups is 2. The molecule has 0 fully saturated rings. The summed E-state index contributed by atoms with van der Waals surface area (Å²) in [7, 11) is 0. The third-order valence-electron chi connectivity index (χ3n) is 4.68. The van der Waals surface area contributed by atoms with Gasteiger partial charge in [0, 0.05) is 28.8 Å². The molecule has 1 spiro atoms. The molecule has 5 nitrogen and oxygen atoms in total. The van der Waals surface area contributed by atoms with E-state index in [4.69, 9.17) is 9.47 Å². The van der Waals surface area contributed by atoms with E-state index < -0.39 is 11.6 Å². The van der Waals surface area contributed by atoms with Crippen LogP contribution in [0.3, 0.4) is 0 Å². The Bertz CT molecular complexity index is 1010. The summed E-state index contributed by atoms with van der Waals surface area (Å²) >= 11 is 0. The van der Waals surface area contributed by atoms with Crippen LogP contribution >= 0.6 is 24.0 Å². The number of halogens is 1. The van der Waals surface area contributed by atoms with Gasteiger partial charge in [0.25, 0.3) is 0 Å². The average Bonchev–Trinajstić information content (AvgIpc) is 2.88. The van der Waals surface area contributed by atoms with Gasteiger partial charge in [-0.15, -0.1) is 24.0 Å². The molecule has 6 heteroatoms. The lowest BCUT2D eigenvalue weighted by Crippen LogP contribution is -2.32. The maximum atomic E-state index is 12.5. The van der Waals surface area contributed by atoms with E-state index in [1.54, 1.807) is 24.3 Å². The maximum absolute atomic E-state index is 12.5. The third-order valence-corrected chi connectivity index (χ3v) is 4.68. The van der Waals surface area contributed by atoms with E-state index >= 15 is 0 Å². The number of hydrogen-bond acceptors (Lipinski definition) is 5. The van der Waals surface area contributed by atoms with Crippen LogP contribution < -0.4 is 4.74 Å². The number of ether oxygens (including phenoxy) is 2. The van der Waals surface area contributed by atoms with Crippen molar-refractivity contribution in [3.05, 3.63) is 82.9 Å². The van der Waals surface area contributed by atoms with Crippen molar-refractivity contribution >= 4 is 29.9 Å². The van der Waals surface area contributed by atoms with Gasteiger partial charge in [-0.05, 0) is 30.3 Å². The van der Waals surface area contributed by atoms with Crippen molar-refractivity contribution in [3.63, 3.8) is 0 Å². The van der Waals surface area contributed by atoms with Crippen LogP contribution in [0, 0.1) is 0 Å². The molecule has 0 aromatic heterocycles. The smallest absolute Gasteiger partial charge is 0.340 e. The standard InChI is InChI=1S/C20H12O5.HI/c21-11-5-7-15-17(9-11)24-18-10-12(22)6-8-16(18)20(15)14-4-2-1-3-13(14)19(23)25-20;/h1-10,21-22H;1H. The fourth-order valence-corrected chi connectivity index (χ4v) is 3.65. The molecule has 0 unspecified atom stereocenters. The summed E-state index contributed by atoms with van der Waals surface area (Å²) in [4.78, 5) is 12.5. The molecule has 0 bridgehead atoms. The molecular weight excluding hydrogens is 447 g/mol. The van der Waals surface area contributed by atoms with Gasteiger partial charge in [-0.3, -0.25) is 0 Å². The van der Waals surface area contributed by atoms with Crippen molar-refractivity contribution in [1.29, 1.82) is 0 Å². The molecule has 0 aliphatic carbocycles. The van der Waals surface area contributed by atoms with E-state index in [1.165, 1.54) is 24.3 Å². The van der Waals surface area contributed by atoms with Gasteiger partial charge in [-0.25, -0.2) is 4.79 Å². The molecule has 0 saturated carbocycles. The van der Waals surface area contributed by atoms with Crippen molar-refractivity contribution in [2.24, 2.45) is 0 Å². The zero-order valence-corrected chi connectivity index (χ0v) is 15.6. The number of carbonyl (C=O) groups is 1. The molecule has 5 rings (SSSR count). The number of carbonyl (C=O) groups excluding carboxylic acids is 1. The zero-order chi connectivity index (χ0) is 17.2. The fourth-order valence-electron chi connectivity index (χ4n) is 3.65. The van der Waals surface area contributed by atoms with E-state index in [9.17, 15) is 15.0 Å². The van der Waals surface area contributed by atoms with Crippen molar-refractivity contribution < 1.29 is 24.5 Å². The second-order valence-corrected chi connectivity index (χ2v) is 6.08. The molecular formula is C20H13IO5. The number of fused-ring (bicyclic) bond motifs is 6. The Morgan fingerprint density at radius 1 is 0.769 bits per heavy atom. The van der Waals surface area contributed by atoms with Crippen LogP contribution in [0.25, 0.3) is 0 Å². The highest BCUT2D eigenvalue weighted by molar-refractivity contribution is 14.0. The normalized spacial score (nSPS) is 15.2. The molecule has 3 aromatic carbocycles. The molecule has 2 N–H and O–H groups in total. The third kappa shape index (κ3) is 2.05. The summed E-state index contributed by atoms with van der Waals surface area (Å²) in [6.45, 7) is 0. The summed E-state index contributed by atoms with van der Waals surface area (Å²) < 4.78 is 11.8. The van der Waals surface area contributed by atoms with Crippen molar-refractivity contribution in [3.8, 4) is 23.0 Å². The molecule has 26 heavy (non-hydrogen) atoms. The van der Waals surface area contributed by atoms with Crippen molar-refractivity contribution in [1.82, 2.24) is 0 Å². The number of rotatable bonds is 0. The van der Waals surface area contributed by atoms with Crippen molar-refractivity contribution in [2.75, 3.05) is 0 Å². The molecule has 0 saturated heterocycles. The average molecular weight is 460 g/mol. The van der Waals surface area contributed by atoms with E-state index in [0.29, 0.717) is 33.8 Å². The summed E-state index contributed by atoms with van der Waals surface area (Å²) in [6, 6.07) is 16.6. The number of hydrogen-bond donors (Lipinski definition) is 2. The van der Waals surface area contributed by atoms with Gasteiger partial charge in [0.15, 0.2) is 5.60 Å². The van der Waals surface area contributed by atoms with Gasteiger partial charge >= 0.3 is 5.97 Å². The minimum atomic E-state index is -1.17. The Morgan fingerprint density at radius 3 is 1.96 bits per heavy atom. The highest BCUT2D eigenvalue weighted by Gasteiger charge is 2.53. The summed E-state index contributed by atoms with van der Waals surface area (Å²) in [6.07, 6.45) is 0. The number of phenols is 2. The SMILES string of the molecule is I.O=C1OC2(c3ccc(O)cc3Oc3cc(O)ccc32)c2ccccc21. The van der Waals surface area contributed by atoms with E-state index in [-0.39, 0.29) is 35.5 Å². The van der Waals surface area contributed by atoms with Crippen LogP contribution in [0.2, 0.25) is 0 Å². The second-order valence-electron chi connectivity index (χ2n) is 6.08. The van der Waals surface area contributed by atoms with Gasteiger partial charge in [0.1, 0.15) is 23.0 Å². The number of esters is 1. The molecule has 3 aromatic rings. The summed E-state index contributed by atoms with van der Waals surface area (Å²) in [5, 5.41) is 19.7. The molecule has 2 heterocycles. The highest BCUT2D eigenvalue weighted by atomic mass is 127. The Hall–Kier alpha value is -2.74. The number of phenolic OH excluding ortho intramolecular Hbond substituents is 2. The van der Waals surface area contributed by atoms with Crippen LogP contribution in [0.15, 0.2) is 60.7 Å². The van der Waals surface area contributed by atoms with Crippen LogP contribution in [0.5, 0.6) is 23.0 Å². The van der Waals surface area contributed by atoms with Gasteiger partial charge in [0.05, 0.1) is 5.56 Å². The van der Waals surface area contributed by atoms with E-state index in [0.717, 1.165) is 0 Å². The van der Waals surface area contributed by atoms with Gasteiger partial charge in [-0.2, -0.15) is 0 Å². The first kappa shape index (κ1) is 16.7. The molecule has 0 amide bonds. The van der Waals surface area contributed by atoms with Crippen molar-refractivity contribution in [2.45, 2.75) is 5.60 Å². The monoisotopic (exact) mass is 460 g/mol. The highest BCUT2D eigenvalue weighted by Crippen LogP contribution is 2.56. The van der Waals surface area contributed by atoms with E-state index in [1.807, 2.05) is 12.1 Å². The van der Waals surface area contributed by atoms with Crippen LogP contribution in [-0.4, -0.2) is 16.2 Å². The maximum Gasteiger partial charge on any atom is 0.340 e. The quantitative estimate of drug-likeness (QED) is 0.387. The lowest BCUT2D eigenvalue weighted by molar-refractivity contribution is 0.0224. The first-order valence-corrected chi connectivity index (χ1v) is 7.77. The molecule has 130 valence electrons. The van der Waals surface area contributed by atoms with Gasteiger partial charge in [-0.1, -0.05) is 18.2 Å². The predicted molar refractivity (Wildman–Crippen MR) is 103 cm³/mol. The predicted octanol–water partition coefficient (Wildman–Crippen LogP) is 4.28. The Morgan fingerprint density at radius 2 is 1.35 bits per heavy atom. The topological polar surface area (TPSA) is 76.0 Å². The van der Waals surface area contributed by atoms with Gasteiger partial charge in [0.2, 0.25) is 0 Å². The molecule has 0 radical (unpaired) electrons. The second kappa shape index (κ2) is 5.63. The van der Waals surface area contributed by atoms with Crippen LogP contribution in [0.4, 0.5) is 0 Å². The van der Waals surface area contributed by atoms with Crippen LogP contribution in [-0.2, 0) is 10.3 Å². The first-order chi connectivity index (χ1) is 12.1. The minimum absolute atomic E-state index is 0. The lowest BCUT2D eigenvalue weighted by atomic mass is 9.77. The molecule has 2 aliphatic heterocycles. The Balaban J connectivity index is 0.00000168. The Kier molecular flexibility index (Phi) is 3.62. The zero-order valence-electron chi connectivity index (χ0n) is 13.3. The van der Waals surface area contributed by atoms with Gasteiger partial charge < -0.3 is 19.7 Å². The lowest BCUT2D eigenvalue weighted by Gasteiger charge is -2.36. The molecule has 0 atom stereocenters.